The van der Waals surface area contributed by atoms with Gasteiger partial charge >= 0.3 is 5.13 Å². The molecule has 0 bridgehead atoms. The molecule has 0 aliphatic carbocycles. The number of fused-ring (bicyclic) bond motifs is 1. The molecule has 98 valence electrons. The molecule has 0 aliphatic rings. The Kier molecular flexibility index (Phi) is 2.63. The van der Waals surface area contributed by atoms with Gasteiger partial charge in [0.2, 0.25) is 0 Å². The van der Waals surface area contributed by atoms with Gasteiger partial charge in [0, 0.05) is 6.07 Å². The average molecular weight is 286 g/mol. The van der Waals surface area contributed by atoms with E-state index in [4.69, 9.17) is 0 Å². The predicted molar refractivity (Wildman–Crippen MR) is 60.6 cm³/mol. The molecule has 0 fully saturated rings. The summed E-state index contributed by atoms with van der Waals surface area (Å²) in [4.78, 5) is 0. The fourth-order valence-electron chi connectivity index (χ4n) is 1.67. The van der Waals surface area contributed by atoms with Crippen LogP contribution in [0.5, 0.6) is 0 Å². The molecule has 0 saturated carbocycles. The highest BCUT2D eigenvalue weighted by molar-refractivity contribution is 7.13. The molecule has 0 spiro atoms. The highest BCUT2D eigenvalue weighted by Gasteiger charge is 2.21. The highest BCUT2D eigenvalue weighted by Crippen LogP contribution is 2.26. The van der Waals surface area contributed by atoms with E-state index >= 15 is 0 Å². The molecule has 0 aliphatic heterocycles. The van der Waals surface area contributed by atoms with Crippen LogP contribution in [0.1, 0.15) is 11.4 Å². The van der Waals surface area contributed by atoms with Crippen LogP contribution >= 0.6 is 11.3 Å². The van der Waals surface area contributed by atoms with Gasteiger partial charge in [-0.3, -0.25) is 0 Å². The van der Waals surface area contributed by atoms with Crippen molar-refractivity contribution in [2.45, 2.75) is 6.43 Å². The minimum atomic E-state index is -2.72. The number of imidazole rings is 1. The van der Waals surface area contributed by atoms with Crippen LogP contribution in [0.15, 0.2) is 24.5 Å². The summed E-state index contributed by atoms with van der Waals surface area (Å²) in [6.45, 7) is 0. The maximum Gasteiger partial charge on any atom is 0.304 e. The molecule has 2 heterocycles. The lowest BCUT2D eigenvalue weighted by molar-refractivity contribution is -0.577. The van der Waals surface area contributed by atoms with E-state index in [-0.39, 0.29) is 10.6 Å². The number of rotatable bonds is 2. The smallest absolute Gasteiger partial charge is 0.304 e. The van der Waals surface area contributed by atoms with Gasteiger partial charge in [0.05, 0.1) is 0 Å². The van der Waals surface area contributed by atoms with Crippen LogP contribution < -0.4 is 4.73 Å². The highest BCUT2D eigenvalue weighted by atomic mass is 32.1. The van der Waals surface area contributed by atoms with Gasteiger partial charge in [0.1, 0.15) is 5.82 Å². The number of hydrogen-bond donors (Lipinski definition) is 0. The third-order valence-corrected chi connectivity index (χ3v) is 3.41. The molecule has 19 heavy (non-hydrogen) atoms. The number of halogens is 3. The minimum absolute atomic E-state index is 0.0915. The van der Waals surface area contributed by atoms with Crippen molar-refractivity contribution < 1.29 is 17.9 Å². The first kappa shape index (κ1) is 11.9. The molecule has 3 aromatic rings. The number of benzene rings is 1. The normalized spacial score (nSPS) is 11.6. The molecule has 2 aromatic heterocycles. The second kappa shape index (κ2) is 4.19. The molecule has 1 aromatic carbocycles. The number of hydrogen-bond acceptors (Lipinski definition) is 4. The van der Waals surface area contributed by atoms with E-state index in [2.05, 4.69) is 10.2 Å². The molecule has 3 rings (SSSR count). The van der Waals surface area contributed by atoms with Gasteiger partial charge in [0.25, 0.3) is 12.8 Å². The van der Waals surface area contributed by atoms with Gasteiger partial charge in [-0.2, -0.15) is 4.57 Å². The van der Waals surface area contributed by atoms with Crippen LogP contribution in [0.2, 0.25) is 0 Å². The van der Waals surface area contributed by atoms with Crippen molar-refractivity contribution in [3.05, 3.63) is 40.6 Å². The predicted octanol–water partition coefficient (Wildman–Crippen LogP) is 2.19. The van der Waals surface area contributed by atoms with Gasteiger partial charge < -0.3 is 5.21 Å². The van der Waals surface area contributed by atoms with E-state index in [1.54, 1.807) is 0 Å². The van der Waals surface area contributed by atoms with Crippen molar-refractivity contribution >= 4 is 22.4 Å². The maximum absolute atomic E-state index is 13.1. The van der Waals surface area contributed by atoms with E-state index < -0.39 is 17.3 Å². The van der Waals surface area contributed by atoms with E-state index in [9.17, 15) is 18.4 Å². The summed E-state index contributed by atoms with van der Waals surface area (Å²) >= 11 is 0.671. The lowest BCUT2D eigenvalue weighted by Gasteiger charge is -1.94. The molecule has 5 nitrogen and oxygen atoms in total. The van der Waals surface area contributed by atoms with Gasteiger partial charge in [0.15, 0.2) is 16.0 Å². The zero-order valence-electron chi connectivity index (χ0n) is 9.13. The van der Waals surface area contributed by atoms with E-state index in [1.807, 2.05) is 0 Å². The Bertz CT molecular complexity index is 754. The summed E-state index contributed by atoms with van der Waals surface area (Å²) in [6, 6.07) is 3.62. The van der Waals surface area contributed by atoms with Crippen molar-refractivity contribution in [1.82, 2.24) is 14.8 Å². The number of aromatic nitrogens is 4. The third kappa shape index (κ3) is 1.91. The average Bonchev–Trinajstić information content (AvgIpc) is 2.95. The van der Waals surface area contributed by atoms with Crippen LogP contribution in [-0.4, -0.2) is 14.8 Å². The Morgan fingerprint density at radius 1 is 1.32 bits per heavy atom. The van der Waals surface area contributed by atoms with Gasteiger partial charge in [-0.1, -0.05) is 5.10 Å². The zero-order valence-corrected chi connectivity index (χ0v) is 9.94. The molecule has 0 radical (unpaired) electrons. The standard InChI is InChI=1S/C10H5F3N4OS/c11-5-1-2-6-7(3-5)17(18)4-16(6)10-15-14-9(19-10)8(12)13/h1-4,8H. The molecule has 0 N–H and O–H groups in total. The van der Waals surface area contributed by atoms with Crippen molar-refractivity contribution in [3.8, 4) is 5.13 Å². The first-order valence-electron chi connectivity index (χ1n) is 5.08. The van der Waals surface area contributed by atoms with Crippen LogP contribution in [0.3, 0.4) is 0 Å². The monoisotopic (exact) mass is 286 g/mol. The van der Waals surface area contributed by atoms with Gasteiger partial charge in [-0.05, 0) is 23.5 Å². The van der Waals surface area contributed by atoms with Crippen molar-refractivity contribution in [1.29, 1.82) is 0 Å². The SMILES string of the molecule is [O-][n+]1cn(-c2nnc(C(F)F)s2)c2ccc(F)cc21. The fraction of sp³-hybridized carbons (Fsp3) is 0.100. The van der Waals surface area contributed by atoms with E-state index in [1.165, 1.54) is 16.7 Å². The Labute approximate surface area is 108 Å². The molecule has 0 unspecified atom stereocenters. The molecule has 0 amide bonds. The minimum Gasteiger partial charge on any atom is -0.710 e. The van der Waals surface area contributed by atoms with Crippen molar-refractivity contribution in [2.75, 3.05) is 0 Å². The second-order valence-corrected chi connectivity index (χ2v) is 4.66. The largest absolute Gasteiger partial charge is 0.710 e. The third-order valence-electron chi connectivity index (χ3n) is 2.48. The van der Waals surface area contributed by atoms with Crippen molar-refractivity contribution in [2.24, 2.45) is 0 Å². The maximum atomic E-state index is 13.1. The molecule has 0 atom stereocenters. The topological polar surface area (TPSA) is 57.6 Å². The Morgan fingerprint density at radius 3 is 2.79 bits per heavy atom. The lowest BCUT2D eigenvalue weighted by Crippen LogP contribution is -2.23. The Morgan fingerprint density at radius 2 is 2.11 bits per heavy atom. The lowest BCUT2D eigenvalue weighted by atomic mass is 10.3. The zero-order chi connectivity index (χ0) is 13.6. The summed E-state index contributed by atoms with van der Waals surface area (Å²) in [7, 11) is 0. The molecule has 0 saturated heterocycles. The van der Waals surface area contributed by atoms with Crippen molar-refractivity contribution in [3.63, 3.8) is 0 Å². The Balaban J connectivity index is 2.19. The number of alkyl halides is 2. The first-order chi connectivity index (χ1) is 9.06. The summed E-state index contributed by atoms with van der Waals surface area (Å²) in [5.41, 5.74) is 0.460. The van der Waals surface area contributed by atoms with Crippen LogP contribution in [0, 0.1) is 11.0 Å². The summed E-state index contributed by atoms with van der Waals surface area (Å²) in [5, 5.41) is 18.2. The quantitative estimate of drug-likeness (QED) is 0.536. The summed E-state index contributed by atoms with van der Waals surface area (Å²) < 4.78 is 39.7. The van der Waals surface area contributed by atoms with Gasteiger partial charge in [-0.25, -0.2) is 17.9 Å². The second-order valence-electron chi connectivity index (χ2n) is 3.67. The Hall–Kier alpha value is -2.16. The van der Waals surface area contributed by atoms with Crippen LogP contribution in [-0.2, 0) is 0 Å². The van der Waals surface area contributed by atoms with Gasteiger partial charge in [-0.15, -0.1) is 5.10 Å². The fourth-order valence-corrected chi connectivity index (χ4v) is 2.35. The molecular weight excluding hydrogens is 281 g/mol. The molecular formula is C10H5F3N4OS. The summed E-state index contributed by atoms with van der Waals surface area (Å²) in [6.07, 6.45) is -1.62. The van der Waals surface area contributed by atoms with E-state index in [0.29, 0.717) is 21.6 Å². The van der Waals surface area contributed by atoms with Crippen LogP contribution in [0.25, 0.3) is 16.2 Å². The molecule has 9 heteroatoms. The first-order valence-corrected chi connectivity index (χ1v) is 5.89. The number of nitrogens with zero attached hydrogens (tertiary/aromatic N) is 4. The van der Waals surface area contributed by atoms with E-state index in [0.717, 1.165) is 12.4 Å². The van der Waals surface area contributed by atoms with Crippen LogP contribution in [0.4, 0.5) is 13.2 Å². The summed E-state index contributed by atoms with van der Waals surface area (Å²) in [5.74, 6) is -0.555.